The molecule has 0 aliphatic rings. The van der Waals surface area contributed by atoms with Crippen LogP contribution in [0.1, 0.15) is 43.6 Å². The van der Waals surface area contributed by atoms with Gasteiger partial charge in [-0.25, -0.2) is 13.2 Å². The molecule has 0 heterocycles. The molecule has 0 aliphatic heterocycles. The fraction of sp³-hybridized carbons (Fsp3) is 0.364. The Bertz CT molecular complexity index is 973. The largest absolute Gasteiger partial charge is 0.452 e. The number of hydrogen-bond acceptors (Lipinski definition) is 5. The SMILES string of the molecule is Cc1ccc(NS(=O)(=O)c2ccc(C(=O)OCC(=O)N(C(C)C)C(C)C)cc2)cc1. The van der Waals surface area contributed by atoms with Gasteiger partial charge in [0, 0.05) is 17.8 Å². The predicted octanol–water partition coefficient (Wildman–Crippen LogP) is 3.60. The third kappa shape index (κ3) is 6.06. The summed E-state index contributed by atoms with van der Waals surface area (Å²) in [4.78, 5) is 26.2. The van der Waals surface area contributed by atoms with Crippen LogP contribution in [0.2, 0.25) is 0 Å². The molecule has 1 amide bonds. The zero-order valence-electron chi connectivity index (χ0n) is 17.9. The van der Waals surface area contributed by atoms with Crippen molar-refractivity contribution in [3.05, 3.63) is 59.7 Å². The maximum Gasteiger partial charge on any atom is 0.338 e. The van der Waals surface area contributed by atoms with Gasteiger partial charge in [-0.1, -0.05) is 17.7 Å². The van der Waals surface area contributed by atoms with Crippen LogP contribution in [0.15, 0.2) is 53.4 Å². The average Bonchev–Trinajstić information content (AvgIpc) is 2.67. The molecule has 7 nitrogen and oxygen atoms in total. The third-order valence-corrected chi connectivity index (χ3v) is 5.83. The molecule has 1 N–H and O–H groups in total. The Morgan fingerprint density at radius 2 is 1.47 bits per heavy atom. The lowest BCUT2D eigenvalue weighted by Gasteiger charge is -2.30. The van der Waals surface area contributed by atoms with Gasteiger partial charge < -0.3 is 9.64 Å². The molecule has 0 aliphatic carbocycles. The fourth-order valence-corrected chi connectivity index (χ4v) is 4.12. The van der Waals surface area contributed by atoms with Gasteiger partial charge in [0.25, 0.3) is 15.9 Å². The molecule has 0 bridgehead atoms. The number of anilines is 1. The minimum Gasteiger partial charge on any atom is -0.452 e. The third-order valence-electron chi connectivity index (χ3n) is 4.43. The first-order valence-electron chi connectivity index (χ1n) is 9.69. The van der Waals surface area contributed by atoms with Crippen LogP contribution >= 0.6 is 0 Å². The molecule has 0 spiro atoms. The van der Waals surface area contributed by atoms with E-state index in [1.807, 2.05) is 34.6 Å². The van der Waals surface area contributed by atoms with Gasteiger partial charge in [0.15, 0.2) is 6.61 Å². The van der Waals surface area contributed by atoms with E-state index in [1.165, 1.54) is 24.3 Å². The molecule has 0 saturated heterocycles. The lowest BCUT2D eigenvalue weighted by atomic mass is 10.2. The van der Waals surface area contributed by atoms with Crippen molar-refractivity contribution >= 4 is 27.6 Å². The molecular weight excluding hydrogens is 404 g/mol. The molecule has 0 aromatic heterocycles. The highest BCUT2D eigenvalue weighted by Crippen LogP contribution is 2.17. The Morgan fingerprint density at radius 3 is 1.97 bits per heavy atom. The number of hydrogen-bond donors (Lipinski definition) is 1. The molecule has 8 heteroatoms. The molecule has 162 valence electrons. The second-order valence-electron chi connectivity index (χ2n) is 7.56. The summed E-state index contributed by atoms with van der Waals surface area (Å²) in [6.45, 7) is 9.11. The van der Waals surface area contributed by atoms with Gasteiger partial charge in [-0.2, -0.15) is 0 Å². The van der Waals surface area contributed by atoms with E-state index in [1.54, 1.807) is 29.2 Å². The molecule has 0 atom stereocenters. The van der Waals surface area contributed by atoms with Crippen LogP contribution in [0.5, 0.6) is 0 Å². The summed E-state index contributed by atoms with van der Waals surface area (Å²) in [6, 6.07) is 12.3. The first kappa shape index (κ1) is 23.4. The average molecular weight is 433 g/mol. The summed E-state index contributed by atoms with van der Waals surface area (Å²) < 4.78 is 32.6. The predicted molar refractivity (Wildman–Crippen MR) is 116 cm³/mol. The number of esters is 1. The van der Waals surface area contributed by atoms with Crippen LogP contribution in [0.3, 0.4) is 0 Å². The summed E-state index contributed by atoms with van der Waals surface area (Å²) in [7, 11) is -3.79. The van der Waals surface area contributed by atoms with Gasteiger partial charge >= 0.3 is 5.97 Å². The molecule has 0 unspecified atom stereocenters. The standard InChI is InChI=1S/C22H28N2O5S/c1-15(2)24(16(3)4)21(25)14-29-22(26)18-8-12-20(13-9-18)30(27,28)23-19-10-6-17(5)7-11-19/h6-13,15-16,23H,14H2,1-5H3. The van der Waals surface area contributed by atoms with Crippen molar-refractivity contribution < 1.29 is 22.7 Å². The Labute approximate surface area is 178 Å². The molecule has 0 fully saturated rings. The highest BCUT2D eigenvalue weighted by Gasteiger charge is 2.22. The van der Waals surface area contributed by atoms with E-state index in [0.29, 0.717) is 5.69 Å². The number of carbonyl (C=O) groups excluding carboxylic acids is 2. The molecule has 2 aromatic carbocycles. The van der Waals surface area contributed by atoms with Crippen molar-refractivity contribution in [3.8, 4) is 0 Å². The van der Waals surface area contributed by atoms with Gasteiger partial charge in [0.2, 0.25) is 0 Å². The van der Waals surface area contributed by atoms with Crippen LogP contribution in [0.25, 0.3) is 0 Å². The van der Waals surface area contributed by atoms with E-state index in [0.717, 1.165) is 5.56 Å². The normalized spacial score (nSPS) is 11.4. The maximum absolute atomic E-state index is 12.5. The van der Waals surface area contributed by atoms with E-state index in [2.05, 4.69) is 4.72 Å². The van der Waals surface area contributed by atoms with E-state index in [4.69, 9.17) is 4.74 Å². The van der Waals surface area contributed by atoms with Crippen LogP contribution in [-0.2, 0) is 19.6 Å². The van der Waals surface area contributed by atoms with Gasteiger partial charge in [-0.05, 0) is 71.0 Å². The Balaban J connectivity index is 2.03. The van der Waals surface area contributed by atoms with Crippen molar-refractivity contribution in [2.45, 2.75) is 51.6 Å². The number of rotatable bonds is 8. The minimum absolute atomic E-state index is 0.0123. The van der Waals surface area contributed by atoms with Crippen molar-refractivity contribution in [1.82, 2.24) is 4.90 Å². The smallest absolute Gasteiger partial charge is 0.338 e. The number of amides is 1. The summed E-state index contributed by atoms with van der Waals surface area (Å²) in [6.07, 6.45) is 0. The molecule has 0 radical (unpaired) electrons. The Hall–Kier alpha value is -2.87. The zero-order chi connectivity index (χ0) is 22.5. The molecule has 30 heavy (non-hydrogen) atoms. The van der Waals surface area contributed by atoms with E-state index in [9.17, 15) is 18.0 Å². The molecule has 2 rings (SSSR count). The van der Waals surface area contributed by atoms with E-state index in [-0.39, 0.29) is 35.1 Å². The van der Waals surface area contributed by atoms with Gasteiger partial charge in [0.05, 0.1) is 10.5 Å². The number of benzene rings is 2. The number of ether oxygens (including phenoxy) is 1. The lowest BCUT2D eigenvalue weighted by molar-refractivity contribution is -0.138. The topological polar surface area (TPSA) is 92.8 Å². The summed E-state index contributed by atoms with van der Waals surface area (Å²) >= 11 is 0. The first-order chi connectivity index (χ1) is 14.0. The van der Waals surface area contributed by atoms with Crippen molar-refractivity contribution in [1.29, 1.82) is 0 Å². The highest BCUT2D eigenvalue weighted by atomic mass is 32.2. The molecule has 0 saturated carbocycles. The summed E-state index contributed by atoms with van der Waals surface area (Å²) in [5, 5.41) is 0. The lowest BCUT2D eigenvalue weighted by Crippen LogP contribution is -2.44. The quantitative estimate of drug-likeness (QED) is 0.644. The first-order valence-corrected chi connectivity index (χ1v) is 11.2. The van der Waals surface area contributed by atoms with Gasteiger partial charge in [0.1, 0.15) is 0 Å². The van der Waals surface area contributed by atoms with Crippen LogP contribution < -0.4 is 4.72 Å². The van der Waals surface area contributed by atoms with Crippen LogP contribution in [0, 0.1) is 6.92 Å². The summed E-state index contributed by atoms with van der Waals surface area (Å²) in [5.74, 6) is -0.971. The monoisotopic (exact) mass is 432 g/mol. The number of sulfonamides is 1. The Morgan fingerprint density at radius 1 is 0.933 bits per heavy atom. The van der Waals surface area contributed by atoms with Crippen molar-refractivity contribution in [2.75, 3.05) is 11.3 Å². The highest BCUT2D eigenvalue weighted by molar-refractivity contribution is 7.92. The number of nitrogens with zero attached hydrogens (tertiary/aromatic N) is 1. The summed E-state index contributed by atoms with van der Waals surface area (Å²) in [5.41, 5.74) is 1.63. The second kappa shape index (κ2) is 9.75. The minimum atomic E-state index is -3.79. The molecule has 2 aromatic rings. The number of carbonyl (C=O) groups is 2. The van der Waals surface area contributed by atoms with E-state index >= 15 is 0 Å². The maximum atomic E-state index is 12.5. The number of aryl methyl sites for hydroxylation is 1. The van der Waals surface area contributed by atoms with Crippen LogP contribution in [-0.4, -0.2) is 43.9 Å². The number of nitrogens with one attached hydrogen (secondary N) is 1. The Kier molecular flexibility index (Phi) is 7.61. The van der Waals surface area contributed by atoms with Crippen LogP contribution in [0.4, 0.5) is 5.69 Å². The zero-order valence-corrected chi connectivity index (χ0v) is 18.7. The van der Waals surface area contributed by atoms with E-state index < -0.39 is 16.0 Å². The van der Waals surface area contributed by atoms with Gasteiger partial charge in [-0.3, -0.25) is 9.52 Å². The van der Waals surface area contributed by atoms with Crippen molar-refractivity contribution in [3.63, 3.8) is 0 Å². The second-order valence-corrected chi connectivity index (χ2v) is 9.24. The van der Waals surface area contributed by atoms with Gasteiger partial charge in [-0.15, -0.1) is 0 Å². The molecular formula is C22H28N2O5S. The fourth-order valence-electron chi connectivity index (χ4n) is 3.06. The van der Waals surface area contributed by atoms with Crippen molar-refractivity contribution in [2.24, 2.45) is 0 Å².